The summed E-state index contributed by atoms with van der Waals surface area (Å²) in [5.41, 5.74) is 0.430. The molecule has 7 nitrogen and oxygen atoms in total. The molecule has 0 aliphatic carbocycles. The molecular formula is C8H5BrClN5O2. The van der Waals surface area contributed by atoms with E-state index in [1.165, 1.54) is 10.7 Å². The van der Waals surface area contributed by atoms with Gasteiger partial charge in [-0.1, -0.05) is 0 Å². The Morgan fingerprint density at radius 1 is 1.53 bits per heavy atom. The van der Waals surface area contributed by atoms with Crippen LogP contribution >= 0.6 is 27.5 Å². The number of hydrogen-bond donors (Lipinski definition) is 0. The van der Waals surface area contributed by atoms with E-state index >= 15 is 0 Å². The predicted octanol–water partition coefficient (Wildman–Crippen LogP) is 2.07. The third-order valence-corrected chi connectivity index (χ3v) is 2.93. The number of nitro benzene ring substituents is 1. The quantitative estimate of drug-likeness (QED) is 0.491. The van der Waals surface area contributed by atoms with Gasteiger partial charge in [-0.2, -0.15) is 4.68 Å². The molecule has 0 spiro atoms. The van der Waals surface area contributed by atoms with Gasteiger partial charge in [0.15, 0.2) is 5.82 Å². The van der Waals surface area contributed by atoms with Crippen molar-refractivity contribution in [3.8, 4) is 5.69 Å². The summed E-state index contributed by atoms with van der Waals surface area (Å²) in [6.07, 6.45) is 0. The van der Waals surface area contributed by atoms with Crippen LogP contribution in [0.2, 0.25) is 0 Å². The average Bonchev–Trinajstić information content (AvgIpc) is 2.77. The normalized spacial score (nSPS) is 10.5. The third kappa shape index (κ3) is 2.27. The van der Waals surface area contributed by atoms with Gasteiger partial charge in [-0.15, -0.1) is 16.7 Å². The number of aromatic nitrogens is 4. The minimum atomic E-state index is -0.488. The Morgan fingerprint density at radius 2 is 2.29 bits per heavy atom. The van der Waals surface area contributed by atoms with Gasteiger partial charge in [-0.05, 0) is 38.5 Å². The first-order chi connectivity index (χ1) is 8.13. The van der Waals surface area contributed by atoms with Crippen LogP contribution in [-0.4, -0.2) is 25.1 Å². The molecule has 17 heavy (non-hydrogen) atoms. The van der Waals surface area contributed by atoms with Gasteiger partial charge in [-0.3, -0.25) is 10.1 Å². The molecular weight excluding hydrogens is 313 g/mol. The predicted molar refractivity (Wildman–Crippen MR) is 63.1 cm³/mol. The number of benzene rings is 1. The zero-order valence-corrected chi connectivity index (χ0v) is 10.6. The molecule has 0 aliphatic rings. The smallest absolute Gasteiger partial charge is 0.258 e. The second kappa shape index (κ2) is 4.76. The number of tetrazole rings is 1. The van der Waals surface area contributed by atoms with E-state index in [0.29, 0.717) is 16.0 Å². The maximum atomic E-state index is 10.8. The summed E-state index contributed by atoms with van der Waals surface area (Å²) in [5, 5.41) is 21.7. The minimum absolute atomic E-state index is 0.0569. The van der Waals surface area contributed by atoms with Gasteiger partial charge in [0.25, 0.3) is 5.69 Å². The van der Waals surface area contributed by atoms with E-state index in [1.807, 2.05) is 0 Å². The Kier molecular flexibility index (Phi) is 3.34. The molecule has 0 saturated heterocycles. The standard InChI is InChI=1S/C8H5BrClN5O2/c9-6-2-1-5(3-7(6)15(16)17)14-8(4-10)11-12-13-14/h1-3H,4H2. The van der Waals surface area contributed by atoms with Crippen molar-refractivity contribution in [3.63, 3.8) is 0 Å². The summed E-state index contributed by atoms with van der Waals surface area (Å²) >= 11 is 8.75. The van der Waals surface area contributed by atoms with Crippen molar-refractivity contribution < 1.29 is 4.92 Å². The van der Waals surface area contributed by atoms with E-state index in [4.69, 9.17) is 11.6 Å². The lowest BCUT2D eigenvalue weighted by Gasteiger charge is -2.03. The highest BCUT2D eigenvalue weighted by Crippen LogP contribution is 2.27. The van der Waals surface area contributed by atoms with Crippen LogP contribution in [0.15, 0.2) is 22.7 Å². The highest BCUT2D eigenvalue weighted by Gasteiger charge is 2.15. The van der Waals surface area contributed by atoms with Gasteiger partial charge in [0, 0.05) is 6.07 Å². The molecule has 1 aromatic carbocycles. The maximum absolute atomic E-state index is 10.8. The van der Waals surface area contributed by atoms with Gasteiger partial charge in [-0.25, -0.2) is 0 Å². The van der Waals surface area contributed by atoms with E-state index < -0.39 is 4.92 Å². The SMILES string of the molecule is O=[N+]([O-])c1cc(-n2nnnc2CCl)ccc1Br. The van der Waals surface area contributed by atoms with E-state index in [1.54, 1.807) is 12.1 Å². The topological polar surface area (TPSA) is 86.7 Å². The van der Waals surface area contributed by atoms with E-state index in [9.17, 15) is 10.1 Å². The number of rotatable bonds is 3. The fourth-order valence-corrected chi connectivity index (χ4v) is 1.82. The average molecular weight is 319 g/mol. The molecule has 2 rings (SSSR count). The Hall–Kier alpha value is -1.54. The number of nitro groups is 1. The first-order valence-corrected chi connectivity index (χ1v) is 5.73. The Balaban J connectivity index is 2.54. The van der Waals surface area contributed by atoms with Crippen LogP contribution in [0.3, 0.4) is 0 Å². The molecule has 0 fully saturated rings. The summed E-state index contributed by atoms with van der Waals surface area (Å²) in [6.45, 7) is 0. The molecule has 1 aromatic heterocycles. The summed E-state index contributed by atoms with van der Waals surface area (Å²) in [7, 11) is 0. The second-order valence-electron chi connectivity index (χ2n) is 3.03. The van der Waals surface area contributed by atoms with Crippen LogP contribution < -0.4 is 0 Å². The zero-order valence-electron chi connectivity index (χ0n) is 8.25. The van der Waals surface area contributed by atoms with Crippen LogP contribution in [0, 0.1) is 10.1 Å². The second-order valence-corrected chi connectivity index (χ2v) is 4.15. The van der Waals surface area contributed by atoms with Crippen molar-refractivity contribution in [2.45, 2.75) is 5.88 Å². The molecule has 0 atom stereocenters. The van der Waals surface area contributed by atoms with Crippen LogP contribution in [0.25, 0.3) is 5.69 Å². The summed E-state index contributed by atoms with van der Waals surface area (Å²) in [6, 6.07) is 4.59. The van der Waals surface area contributed by atoms with Crippen LogP contribution in [0.5, 0.6) is 0 Å². The molecule has 1 heterocycles. The lowest BCUT2D eigenvalue weighted by Crippen LogP contribution is -2.02. The van der Waals surface area contributed by atoms with Gasteiger partial charge in [0.2, 0.25) is 0 Å². The fraction of sp³-hybridized carbons (Fsp3) is 0.125. The highest BCUT2D eigenvalue weighted by atomic mass is 79.9. The highest BCUT2D eigenvalue weighted by molar-refractivity contribution is 9.10. The van der Waals surface area contributed by atoms with E-state index in [2.05, 4.69) is 31.5 Å². The summed E-state index contributed by atoms with van der Waals surface area (Å²) in [4.78, 5) is 10.3. The Bertz CT molecular complexity index is 573. The van der Waals surface area contributed by atoms with E-state index in [0.717, 1.165) is 0 Å². The minimum Gasteiger partial charge on any atom is -0.258 e. The van der Waals surface area contributed by atoms with Crippen LogP contribution in [0.4, 0.5) is 5.69 Å². The molecule has 0 bridgehead atoms. The van der Waals surface area contributed by atoms with Crippen molar-refractivity contribution in [2.75, 3.05) is 0 Å². The molecule has 0 N–H and O–H groups in total. The van der Waals surface area contributed by atoms with Gasteiger partial charge >= 0.3 is 0 Å². The largest absolute Gasteiger partial charge is 0.285 e. The van der Waals surface area contributed by atoms with Crippen molar-refractivity contribution >= 4 is 33.2 Å². The lowest BCUT2D eigenvalue weighted by atomic mass is 10.3. The summed E-state index contributed by atoms with van der Waals surface area (Å²) < 4.78 is 1.75. The monoisotopic (exact) mass is 317 g/mol. The third-order valence-electron chi connectivity index (χ3n) is 2.02. The van der Waals surface area contributed by atoms with E-state index in [-0.39, 0.29) is 11.6 Å². The number of nitrogens with zero attached hydrogens (tertiary/aromatic N) is 5. The van der Waals surface area contributed by atoms with Gasteiger partial charge < -0.3 is 0 Å². The molecule has 9 heteroatoms. The fourth-order valence-electron chi connectivity index (χ4n) is 1.26. The number of halogens is 2. The molecule has 2 aromatic rings. The maximum Gasteiger partial charge on any atom is 0.285 e. The van der Waals surface area contributed by atoms with Crippen molar-refractivity contribution in [2.24, 2.45) is 0 Å². The zero-order chi connectivity index (χ0) is 12.4. The lowest BCUT2D eigenvalue weighted by molar-refractivity contribution is -0.385. The van der Waals surface area contributed by atoms with Gasteiger partial charge in [0.05, 0.1) is 21.0 Å². The first-order valence-electron chi connectivity index (χ1n) is 4.41. The Morgan fingerprint density at radius 3 is 2.94 bits per heavy atom. The molecule has 0 radical (unpaired) electrons. The Labute approximate surface area is 109 Å². The molecule has 0 amide bonds. The molecule has 88 valence electrons. The number of alkyl halides is 1. The molecule has 0 unspecified atom stereocenters. The van der Waals surface area contributed by atoms with Crippen molar-refractivity contribution in [1.82, 2.24) is 20.2 Å². The van der Waals surface area contributed by atoms with Gasteiger partial charge in [0.1, 0.15) is 0 Å². The number of hydrogen-bond acceptors (Lipinski definition) is 5. The first kappa shape index (κ1) is 11.9. The van der Waals surface area contributed by atoms with Crippen molar-refractivity contribution in [3.05, 3.63) is 38.6 Å². The van der Waals surface area contributed by atoms with Crippen molar-refractivity contribution in [1.29, 1.82) is 0 Å². The molecule has 0 saturated carbocycles. The van der Waals surface area contributed by atoms with Crippen LogP contribution in [-0.2, 0) is 5.88 Å². The molecule has 0 aliphatic heterocycles. The van der Waals surface area contributed by atoms with Crippen LogP contribution in [0.1, 0.15) is 5.82 Å². The summed E-state index contributed by atoms with van der Waals surface area (Å²) in [5.74, 6) is 0.542.